The van der Waals surface area contributed by atoms with Crippen LogP contribution in [-0.2, 0) is 9.59 Å². The second-order valence-corrected chi connectivity index (χ2v) is 4.64. The number of rotatable bonds is 3. The van der Waals surface area contributed by atoms with Gasteiger partial charge in [0.15, 0.2) is 0 Å². The van der Waals surface area contributed by atoms with Crippen LogP contribution in [-0.4, -0.2) is 17.4 Å². The highest BCUT2D eigenvalue weighted by Crippen LogP contribution is 2.31. The molecule has 1 atom stereocenters. The predicted octanol–water partition coefficient (Wildman–Crippen LogP) is 0.533. The molecule has 0 aliphatic carbocycles. The molecule has 17 heavy (non-hydrogen) atoms. The number of carbonyl (C=O) groups is 2. The number of nitrogens with two attached hydrogens (primary N) is 1. The Bertz CT molecular complexity index is 482. The first-order chi connectivity index (χ1) is 7.92. The summed E-state index contributed by atoms with van der Waals surface area (Å²) in [5.74, 6) is -0.657. The van der Waals surface area contributed by atoms with Gasteiger partial charge in [0.1, 0.15) is 6.04 Å². The molecule has 2 amide bonds. The van der Waals surface area contributed by atoms with Crippen molar-refractivity contribution in [3.05, 3.63) is 29.8 Å². The minimum absolute atomic E-state index is 0.166. The summed E-state index contributed by atoms with van der Waals surface area (Å²) < 4.78 is 0. The summed E-state index contributed by atoms with van der Waals surface area (Å²) in [5, 5.41) is 5.73. The van der Waals surface area contributed by atoms with Gasteiger partial charge >= 0.3 is 0 Å². The largest absolute Gasteiger partial charge is 0.368 e. The third-order valence-corrected chi connectivity index (χ3v) is 2.91. The van der Waals surface area contributed by atoms with Crippen molar-refractivity contribution in [1.29, 1.82) is 0 Å². The second kappa shape index (κ2) is 3.85. The number of hydrogen-bond acceptors (Lipinski definition) is 3. The molecule has 0 spiro atoms. The maximum atomic E-state index is 11.8. The van der Waals surface area contributed by atoms with Gasteiger partial charge in [0.25, 0.3) is 0 Å². The van der Waals surface area contributed by atoms with E-state index in [2.05, 4.69) is 10.6 Å². The summed E-state index contributed by atoms with van der Waals surface area (Å²) in [6, 6.07) is 6.84. The van der Waals surface area contributed by atoms with E-state index in [1.54, 1.807) is 13.8 Å². The van der Waals surface area contributed by atoms with Gasteiger partial charge in [0.2, 0.25) is 11.8 Å². The molecule has 1 aromatic carbocycles. The Morgan fingerprint density at radius 2 is 2.06 bits per heavy atom. The van der Waals surface area contributed by atoms with Crippen LogP contribution >= 0.6 is 0 Å². The van der Waals surface area contributed by atoms with Gasteiger partial charge in [-0.3, -0.25) is 14.9 Å². The summed E-state index contributed by atoms with van der Waals surface area (Å²) >= 11 is 0. The molecule has 2 rings (SSSR count). The number of para-hydroxylation sites is 1. The molecule has 5 heteroatoms. The lowest BCUT2D eigenvalue weighted by Gasteiger charge is -2.25. The van der Waals surface area contributed by atoms with Crippen LogP contribution in [0, 0.1) is 0 Å². The summed E-state index contributed by atoms with van der Waals surface area (Å²) in [4.78, 5) is 23.1. The minimum atomic E-state index is -0.931. The van der Waals surface area contributed by atoms with Crippen LogP contribution in [0.25, 0.3) is 0 Å². The average molecular weight is 233 g/mol. The normalized spacial score (nSPS) is 18.7. The fraction of sp³-hybridized carbons (Fsp3) is 0.333. The maximum absolute atomic E-state index is 11.8. The highest BCUT2D eigenvalue weighted by molar-refractivity contribution is 6.03. The zero-order chi connectivity index (χ0) is 12.6. The number of primary amides is 1. The first kappa shape index (κ1) is 11.6. The summed E-state index contributed by atoms with van der Waals surface area (Å²) in [6.45, 7) is 3.31. The van der Waals surface area contributed by atoms with Crippen molar-refractivity contribution in [3.8, 4) is 0 Å². The Labute approximate surface area is 99.4 Å². The molecule has 1 unspecified atom stereocenters. The van der Waals surface area contributed by atoms with E-state index in [1.165, 1.54) is 0 Å². The topological polar surface area (TPSA) is 84.2 Å². The third-order valence-electron chi connectivity index (χ3n) is 2.91. The summed E-state index contributed by atoms with van der Waals surface area (Å²) in [5.41, 5.74) is 5.96. The van der Waals surface area contributed by atoms with E-state index in [-0.39, 0.29) is 5.91 Å². The van der Waals surface area contributed by atoms with E-state index in [0.29, 0.717) is 0 Å². The fourth-order valence-electron chi connectivity index (χ4n) is 1.78. The molecule has 0 aromatic heterocycles. The van der Waals surface area contributed by atoms with Crippen LogP contribution in [0.1, 0.15) is 25.5 Å². The average Bonchev–Trinajstić information content (AvgIpc) is 2.55. The fourth-order valence-corrected chi connectivity index (χ4v) is 1.78. The molecule has 5 nitrogen and oxygen atoms in total. The number of benzene rings is 1. The van der Waals surface area contributed by atoms with E-state index >= 15 is 0 Å². The van der Waals surface area contributed by atoms with Crippen molar-refractivity contribution in [3.63, 3.8) is 0 Å². The highest BCUT2D eigenvalue weighted by Gasteiger charge is 2.36. The first-order valence-corrected chi connectivity index (χ1v) is 5.39. The lowest BCUT2D eigenvalue weighted by atomic mass is 10.0. The van der Waals surface area contributed by atoms with Crippen molar-refractivity contribution in [1.82, 2.24) is 5.32 Å². The molecule has 1 heterocycles. The Morgan fingerprint density at radius 3 is 2.71 bits per heavy atom. The van der Waals surface area contributed by atoms with E-state index in [1.807, 2.05) is 24.3 Å². The van der Waals surface area contributed by atoms with Crippen molar-refractivity contribution in [2.24, 2.45) is 5.73 Å². The molecule has 1 aliphatic rings. The van der Waals surface area contributed by atoms with Crippen molar-refractivity contribution < 1.29 is 9.59 Å². The Balaban J connectivity index is 2.29. The molecule has 90 valence electrons. The van der Waals surface area contributed by atoms with Crippen LogP contribution < -0.4 is 16.4 Å². The lowest BCUT2D eigenvalue weighted by molar-refractivity contribution is -0.124. The summed E-state index contributed by atoms with van der Waals surface area (Å²) in [6.07, 6.45) is 0. The number of fused-ring (bicyclic) bond motifs is 1. The molecule has 0 saturated carbocycles. The van der Waals surface area contributed by atoms with Crippen LogP contribution in [0.15, 0.2) is 24.3 Å². The van der Waals surface area contributed by atoms with Crippen LogP contribution in [0.5, 0.6) is 0 Å². The van der Waals surface area contributed by atoms with E-state index in [0.717, 1.165) is 11.3 Å². The SMILES string of the molecule is CC(C)(NC1C(=O)Nc2ccccc21)C(N)=O. The molecular formula is C12H15N3O2. The van der Waals surface area contributed by atoms with Gasteiger partial charge in [-0.2, -0.15) is 0 Å². The first-order valence-electron chi connectivity index (χ1n) is 5.39. The zero-order valence-electron chi connectivity index (χ0n) is 9.78. The smallest absolute Gasteiger partial charge is 0.246 e. The molecule has 4 N–H and O–H groups in total. The predicted molar refractivity (Wildman–Crippen MR) is 64.2 cm³/mol. The molecule has 0 radical (unpaired) electrons. The minimum Gasteiger partial charge on any atom is -0.368 e. The summed E-state index contributed by atoms with van der Waals surface area (Å²) in [7, 11) is 0. The van der Waals surface area contributed by atoms with Crippen LogP contribution in [0.2, 0.25) is 0 Å². The van der Waals surface area contributed by atoms with Crippen LogP contribution in [0.4, 0.5) is 5.69 Å². The molecule has 0 fully saturated rings. The molecule has 1 aliphatic heterocycles. The Kier molecular flexibility index (Phi) is 2.63. The van der Waals surface area contributed by atoms with Crippen molar-refractivity contribution in [2.75, 3.05) is 5.32 Å². The van der Waals surface area contributed by atoms with Crippen molar-refractivity contribution >= 4 is 17.5 Å². The number of amides is 2. The number of anilines is 1. The Hall–Kier alpha value is -1.88. The van der Waals surface area contributed by atoms with Crippen molar-refractivity contribution in [2.45, 2.75) is 25.4 Å². The van der Waals surface area contributed by atoms with E-state index in [4.69, 9.17) is 5.73 Å². The van der Waals surface area contributed by atoms with Gasteiger partial charge in [0, 0.05) is 11.3 Å². The molecular weight excluding hydrogens is 218 g/mol. The number of nitrogens with one attached hydrogen (secondary N) is 2. The Morgan fingerprint density at radius 1 is 1.41 bits per heavy atom. The number of carbonyl (C=O) groups excluding carboxylic acids is 2. The second-order valence-electron chi connectivity index (χ2n) is 4.64. The molecule has 0 saturated heterocycles. The highest BCUT2D eigenvalue weighted by atomic mass is 16.2. The van der Waals surface area contributed by atoms with Gasteiger partial charge in [-0.25, -0.2) is 0 Å². The maximum Gasteiger partial charge on any atom is 0.246 e. The van der Waals surface area contributed by atoms with E-state index < -0.39 is 17.5 Å². The molecule has 0 bridgehead atoms. The van der Waals surface area contributed by atoms with Crippen LogP contribution in [0.3, 0.4) is 0 Å². The quantitative estimate of drug-likeness (QED) is 0.712. The van der Waals surface area contributed by atoms with Gasteiger partial charge in [-0.05, 0) is 19.9 Å². The standard InChI is InChI=1S/C12H15N3O2/c1-12(2,11(13)17)15-9-7-5-3-4-6-8(7)14-10(9)16/h3-6,9,15H,1-2H3,(H2,13,17)(H,14,16). The monoisotopic (exact) mass is 233 g/mol. The third kappa shape index (κ3) is 2.01. The van der Waals surface area contributed by atoms with Gasteiger partial charge < -0.3 is 11.1 Å². The van der Waals surface area contributed by atoms with Gasteiger partial charge in [0.05, 0.1) is 5.54 Å². The van der Waals surface area contributed by atoms with Gasteiger partial charge in [-0.1, -0.05) is 18.2 Å². The zero-order valence-corrected chi connectivity index (χ0v) is 9.78. The molecule has 1 aromatic rings. The number of hydrogen-bond donors (Lipinski definition) is 3. The van der Waals surface area contributed by atoms with E-state index in [9.17, 15) is 9.59 Å². The van der Waals surface area contributed by atoms with Gasteiger partial charge in [-0.15, -0.1) is 0 Å². The lowest BCUT2D eigenvalue weighted by Crippen LogP contribution is -2.53.